The van der Waals surface area contributed by atoms with Crippen molar-refractivity contribution in [2.75, 3.05) is 12.4 Å². The van der Waals surface area contributed by atoms with Gasteiger partial charge in [0.2, 0.25) is 10.0 Å². The Labute approximate surface area is 198 Å². The van der Waals surface area contributed by atoms with Crippen molar-refractivity contribution >= 4 is 48.7 Å². The van der Waals surface area contributed by atoms with Gasteiger partial charge in [-0.3, -0.25) is 0 Å². The number of carbonyl (C=O) groups is 1. The summed E-state index contributed by atoms with van der Waals surface area (Å²) in [5.41, 5.74) is 0. The first-order valence-corrected chi connectivity index (χ1v) is 13.4. The van der Waals surface area contributed by atoms with Crippen LogP contribution in [0.2, 0.25) is 0 Å². The normalized spacial score (nSPS) is 13.8. The Hall–Kier alpha value is -1.14. The third-order valence-electron chi connectivity index (χ3n) is 3.80. The zero-order chi connectivity index (χ0) is 24.7. The van der Waals surface area contributed by atoms with Crippen molar-refractivity contribution in [3.05, 3.63) is 21.8 Å². The minimum absolute atomic E-state index is 0.00783. The first kappa shape index (κ1) is 28.9. The van der Waals surface area contributed by atoms with Crippen molar-refractivity contribution in [2.45, 2.75) is 50.7 Å². The lowest BCUT2D eigenvalue weighted by Crippen LogP contribution is -2.48. The van der Waals surface area contributed by atoms with Crippen molar-refractivity contribution in [1.82, 2.24) is 4.89 Å². The van der Waals surface area contributed by atoms with Crippen LogP contribution in [-0.2, 0) is 34.5 Å². The van der Waals surface area contributed by atoms with Crippen LogP contribution in [0.1, 0.15) is 33.6 Å². The van der Waals surface area contributed by atoms with E-state index in [2.05, 4.69) is 4.84 Å². The van der Waals surface area contributed by atoms with Gasteiger partial charge >= 0.3 is 12.1 Å². The number of hydrogen-bond donors (Lipinski definition) is 1. The zero-order valence-corrected chi connectivity index (χ0v) is 21.1. The highest BCUT2D eigenvalue weighted by Gasteiger charge is 2.47. The lowest BCUT2D eigenvalue weighted by Gasteiger charge is -2.28. The molecule has 0 bridgehead atoms. The van der Waals surface area contributed by atoms with Gasteiger partial charge in [-0.2, -0.15) is 8.78 Å². The van der Waals surface area contributed by atoms with Crippen LogP contribution in [0.3, 0.4) is 0 Å². The molecule has 0 fully saturated rings. The molecule has 0 aliphatic carbocycles. The summed E-state index contributed by atoms with van der Waals surface area (Å²) in [6.45, 7) is 3.53. The summed E-state index contributed by atoms with van der Waals surface area (Å²) >= 11 is 1.58. The molecule has 1 unspecified atom stereocenters. The van der Waals surface area contributed by atoms with Gasteiger partial charge in [-0.05, 0) is 53.1 Å². The molecule has 1 aromatic rings. The summed E-state index contributed by atoms with van der Waals surface area (Å²) in [5, 5.41) is 0. The monoisotopic (exact) mass is 614 g/mol. The van der Waals surface area contributed by atoms with Crippen LogP contribution in [0.15, 0.2) is 23.1 Å². The number of benzene rings is 1. The Morgan fingerprint density at radius 2 is 1.88 bits per heavy atom. The second-order valence-electron chi connectivity index (χ2n) is 6.91. The molecule has 10 nitrogen and oxygen atoms in total. The number of ether oxygens (including phenoxy) is 2. The van der Waals surface area contributed by atoms with E-state index in [0.717, 1.165) is 12.1 Å². The fourth-order valence-corrected chi connectivity index (χ4v) is 5.06. The Kier molecular flexibility index (Phi) is 10.7. The number of hydrogen-bond acceptors (Lipinski definition) is 9. The second-order valence-corrected chi connectivity index (χ2v) is 11.2. The fourth-order valence-electron chi connectivity index (χ4n) is 2.24. The first-order valence-electron chi connectivity index (χ1n) is 9.22. The van der Waals surface area contributed by atoms with E-state index in [-0.39, 0.29) is 15.7 Å². The molecular weight excluding hydrogens is 591 g/mol. The van der Waals surface area contributed by atoms with E-state index in [4.69, 9.17) is 9.47 Å². The van der Waals surface area contributed by atoms with Crippen LogP contribution >= 0.6 is 22.6 Å². The zero-order valence-electron chi connectivity index (χ0n) is 17.3. The number of halogens is 3. The molecule has 0 aliphatic heterocycles. The number of nitrogens with one attached hydrogen (secondary N) is 1. The van der Waals surface area contributed by atoms with E-state index in [1.165, 1.54) is 24.8 Å². The van der Waals surface area contributed by atoms with Gasteiger partial charge in [0.05, 0.1) is 10.6 Å². The van der Waals surface area contributed by atoms with Crippen LogP contribution < -0.4 is 9.62 Å². The van der Waals surface area contributed by atoms with Gasteiger partial charge < -0.3 is 14.0 Å². The third kappa shape index (κ3) is 9.38. The number of unbranched alkanes of at least 4 members (excludes halogenated alkanes) is 1. The molecule has 1 N–H and O–H groups in total. The predicted octanol–water partition coefficient (Wildman–Crippen LogP) is 2.39. The SMILES string of the molecule is CCCCS(=O)(=O)NOC(F)(F)C(OC(=O)COc1ccc(S(=O)(=O)[O-])c(I)c1)C(C)C. The van der Waals surface area contributed by atoms with E-state index in [1.807, 2.05) is 0 Å². The van der Waals surface area contributed by atoms with Gasteiger partial charge in [0, 0.05) is 3.57 Å². The van der Waals surface area contributed by atoms with Crippen molar-refractivity contribution in [3.8, 4) is 5.75 Å². The summed E-state index contributed by atoms with van der Waals surface area (Å²) in [4.78, 5) is 16.9. The minimum Gasteiger partial charge on any atom is -0.744 e. The summed E-state index contributed by atoms with van der Waals surface area (Å²) in [6.07, 6.45) is -5.55. The average molecular weight is 614 g/mol. The minimum atomic E-state index is -4.70. The molecular formula is C17H23F2INO9S2-. The Bertz CT molecular complexity index is 1000. The molecule has 1 aromatic carbocycles. The van der Waals surface area contributed by atoms with Crippen molar-refractivity contribution in [3.63, 3.8) is 0 Å². The van der Waals surface area contributed by atoms with E-state index < -0.39 is 61.5 Å². The number of carbonyl (C=O) groups excluding carboxylic acids is 1. The smallest absolute Gasteiger partial charge is 0.408 e. The van der Waals surface area contributed by atoms with E-state index in [1.54, 1.807) is 29.5 Å². The molecule has 0 saturated carbocycles. The van der Waals surface area contributed by atoms with E-state index in [0.29, 0.717) is 6.42 Å². The lowest BCUT2D eigenvalue weighted by atomic mass is 10.1. The Morgan fingerprint density at radius 1 is 1.25 bits per heavy atom. The molecule has 15 heteroatoms. The summed E-state index contributed by atoms with van der Waals surface area (Å²) < 4.78 is 95.2. The van der Waals surface area contributed by atoms with Gasteiger partial charge in [-0.1, -0.05) is 32.1 Å². The highest BCUT2D eigenvalue weighted by atomic mass is 127. The highest BCUT2D eigenvalue weighted by Crippen LogP contribution is 2.28. The van der Waals surface area contributed by atoms with Crippen LogP contribution in [0.4, 0.5) is 8.78 Å². The first-order chi connectivity index (χ1) is 14.6. The number of rotatable bonds is 13. The second kappa shape index (κ2) is 11.8. The third-order valence-corrected chi connectivity index (χ3v) is 7.11. The Morgan fingerprint density at radius 3 is 2.38 bits per heavy atom. The van der Waals surface area contributed by atoms with Crippen molar-refractivity contribution in [2.24, 2.45) is 5.92 Å². The quantitative estimate of drug-likeness (QED) is 0.153. The molecule has 184 valence electrons. The predicted molar refractivity (Wildman–Crippen MR) is 115 cm³/mol. The summed E-state index contributed by atoms with van der Waals surface area (Å²) in [6, 6.07) is 3.26. The van der Waals surface area contributed by atoms with Crippen LogP contribution in [0.5, 0.6) is 5.75 Å². The van der Waals surface area contributed by atoms with Gasteiger partial charge in [0.15, 0.2) is 12.7 Å². The summed E-state index contributed by atoms with van der Waals surface area (Å²) in [5.74, 6) is -2.59. The molecule has 0 aromatic heterocycles. The van der Waals surface area contributed by atoms with Crippen LogP contribution in [0, 0.1) is 9.49 Å². The fraction of sp³-hybridized carbons (Fsp3) is 0.588. The standard InChI is InChI=1S/C17H24F2INO9S2/c1-4-5-8-31(23,24)21-30-17(18,19)16(11(2)3)29-15(22)10-28-12-6-7-14(13(20)9-12)32(25,26)27/h6-7,9,11,16,21H,4-5,8,10H2,1-3H3,(H,25,26,27)/p-1. The van der Waals surface area contributed by atoms with E-state index in [9.17, 15) is 35.0 Å². The molecule has 0 amide bonds. The van der Waals surface area contributed by atoms with Gasteiger partial charge in [-0.15, -0.1) is 0 Å². The molecule has 0 saturated heterocycles. The molecule has 0 spiro atoms. The van der Waals surface area contributed by atoms with E-state index >= 15 is 0 Å². The molecule has 32 heavy (non-hydrogen) atoms. The highest BCUT2D eigenvalue weighted by molar-refractivity contribution is 14.1. The summed E-state index contributed by atoms with van der Waals surface area (Å²) in [7, 11) is -8.81. The number of esters is 1. The number of alkyl halides is 2. The maximum Gasteiger partial charge on any atom is 0.408 e. The maximum atomic E-state index is 14.4. The largest absolute Gasteiger partial charge is 0.744 e. The van der Waals surface area contributed by atoms with Crippen molar-refractivity contribution in [1.29, 1.82) is 0 Å². The number of sulfonamides is 1. The molecule has 0 aliphatic rings. The van der Waals surface area contributed by atoms with Crippen molar-refractivity contribution < 1.29 is 49.3 Å². The van der Waals surface area contributed by atoms with Crippen LogP contribution in [-0.4, -0.2) is 51.9 Å². The van der Waals surface area contributed by atoms with Crippen LogP contribution in [0.25, 0.3) is 0 Å². The molecule has 1 rings (SSSR count). The average Bonchev–Trinajstić information content (AvgIpc) is 2.66. The molecule has 0 heterocycles. The van der Waals surface area contributed by atoms with Gasteiger partial charge in [0.1, 0.15) is 15.9 Å². The van der Waals surface area contributed by atoms with Gasteiger partial charge in [0.25, 0.3) is 0 Å². The lowest BCUT2D eigenvalue weighted by molar-refractivity contribution is -0.313. The maximum absolute atomic E-state index is 14.4. The topological polar surface area (TPSA) is 148 Å². The van der Waals surface area contributed by atoms with Gasteiger partial charge in [-0.25, -0.2) is 26.5 Å². The Balaban J connectivity index is 2.77. The molecule has 0 radical (unpaired) electrons. The molecule has 1 atom stereocenters.